The number of alkyl halides is 1. The highest BCUT2D eigenvalue weighted by Gasteiger charge is 2.39. The molecule has 1 atom stereocenters. The number of carboxylic acids is 1. The maximum atomic E-state index is 12.3. The molecule has 0 saturated heterocycles. The lowest BCUT2D eigenvalue weighted by Crippen LogP contribution is -2.40. The third kappa shape index (κ3) is 2.75. The van der Waals surface area contributed by atoms with Crippen LogP contribution >= 0.6 is 15.9 Å². The second-order valence-electron chi connectivity index (χ2n) is 4.59. The Labute approximate surface area is 124 Å². The SMILES string of the molecule is O=C(O)CCC(CCBr)N1C(=O)c2ccccc2C1=O. The van der Waals surface area contributed by atoms with Gasteiger partial charge in [-0.2, -0.15) is 0 Å². The van der Waals surface area contributed by atoms with Gasteiger partial charge in [0.25, 0.3) is 11.8 Å². The number of hydrogen-bond acceptors (Lipinski definition) is 3. The number of amides is 2. The van der Waals surface area contributed by atoms with Crippen LogP contribution in [0.2, 0.25) is 0 Å². The van der Waals surface area contributed by atoms with Crippen LogP contribution in [0.1, 0.15) is 40.0 Å². The third-order valence-electron chi connectivity index (χ3n) is 3.32. The summed E-state index contributed by atoms with van der Waals surface area (Å²) in [6, 6.07) is 6.28. The fraction of sp³-hybridized carbons (Fsp3) is 0.357. The fourth-order valence-corrected chi connectivity index (χ4v) is 2.89. The zero-order valence-electron chi connectivity index (χ0n) is 10.7. The van der Waals surface area contributed by atoms with E-state index in [1.54, 1.807) is 24.3 Å². The predicted octanol–water partition coefficient (Wildman–Crippen LogP) is 2.30. The molecule has 0 fully saturated rings. The summed E-state index contributed by atoms with van der Waals surface area (Å²) in [7, 11) is 0. The van der Waals surface area contributed by atoms with E-state index in [9.17, 15) is 14.4 Å². The minimum atomic E-state index is -0.929. The van der Waals surface area contributed by atoms with Gasteiger partial charge in [-0.15, -0.1) is 0 Å². The van der Waals surface area contributed by atoms with Crippen molar-refractivity contribution in [2.24, 2.45) is 0 Å². The average molecular weight is 340 g/mol. The molecule has 0 saturated carbocycles. The van der Waals surface area contributed by atoms with Gasteiger partial charge in [-0.05, 0) is 25.0 Å². The molecule has 20 heavy (non-hydrogen) atoms. The van der Waals surface area contributed by atoms with Crippen LogP contribution in [-0.4, -0.2) is 39.2 Å². The number of rotatable bonds is 6. The Morgan fingerprint density at radius 2 is 1.70 bits per heavy atom. The lowest BCUT2D eigenvalue weighted by molar-refractivity contribution is -0.137. The zero-order valence-corrected chi connectivity index (χ0v) is 12.3. The number of fused-ring (bicyclic) bond motifs is 1. The largest absolute Gasteiger partial charge is 0.481 e. The summed E-state index contributed by atoms with van der Waals surface area (Å²) >= 11 is 3.28. The molecule has 5 nitrogen and oxygen atoms in total. The minimum Gasteiger partial charge on any atom is -0.481 e. The summed E-state index contributed by atoms with van der Waals surface area (Å²) in [6.45, 7) is 0. The van der Waals surface area contributed by atoms with Crippen molar-refractivity contribution in [3.8, 4) is 0 Å². The van der Waals surface area contributed by atoms with Crippen molar-refractivity contribution in [1.29, 1.82) is 0 Å². The van der Waals surface area contributed by atoms with Crippen LogP contribution < -0.4 is 0 Å². The maximum absolute atomic E-state index is 12.3. The topological polar surface area (TPSA) is 74.7 Å². The number of halogens is 1. The molecule has 1 aliphatic rings. The number of hydrogen-bond donors (Lipinski definition) is 1. The molecule has 2 amide bonds. The first-order chi connectivity index (χ1) is 9.56. The van der Waals surface area contributed by atoms with Crippen LogP contribution in [0.25, 0.3) is 0 Å². The number of carbonyl (C=O) groups excluding carboxylic acids is 2. The molecule has 1 heterocycles. The van der Waals surface area contributed by atoms with Crippen molar-refractivity contribution < 1.29 is 19.5 Å². The fourth-order valence-electron chi connectivity index (χ4n) is 2.36. The highest BCUT2D eigenvalue weighted by atomic mass is 79.9. The van der Waals surface area contributed by atoms with E-state index in [0.29, 0.717) is 22.9 Å². The number of nitrogens with zero attached hydrogens (tertiary/aromatic N) is 1. The molecule has 1 aromatic rings. The molecule has 0 aliphatic carbocycles. The molecule has 0 radical (unpaired) electrons. The number of aliphatic carboxylic acids is 1. The van der Waals surface area contributed by atoms with Crippen molar-refractivity contribution >= 4 is 33.7 Å². The molecule has 0 aromatic heterocycles. The van der Waals surface area contributed by atoms with Crippen molar-refractivity contribution in [1.82, 2.24) is 4.90 Å². The Kier molecular flexibility index (Phi) is 4.54. The van der Waals surface area contributed by atoms with Crippen LogP contribution in [0.3, 0.4) is 0 Å². The lowest BCUT2D eigenvalue weighted by atomic mass is 10.1. The van der Waals surface area contributed by atoms with Gasteiger partial charge in [0.15, 0.2) is 0 Å². The Morgan fingerprint density at radius 1 is 1.15 bits per heavy atom. The second kappa shape index (κ2) is 6.17. The summed E-state index contributed by atoms with van der Waals surface area (Å²) in [5.74, 6) is -1.59. The van der Waals surface area contributed by atoms with E-state index in [2.05, 4.69) is 15.9 Å². The summed E-state index contributed by atoms with van der Waals surface area (Å²) in [5, 5.41) is 9.38. The van der Waals surface area contributed by atoms with Gasteiger partial charge in [0, 0.05) is 17.8 Å². The normalized spacial score (nSPS) is 15.3. The van der Waals surface area contributed by atoms with Crippen molar-refractivity contribution in [3.63, 3.8) is 0 Å². The number of carbonyl (C=O) groups is 3. The van der Waals surface area contributed by atoms with Crippen molar-refractivity contribution in [2.75, 3.05) is 5.33 Å². The quantitative estimate of drug-likeness (QED) is 0.637. The van der Waals surface area contributed by atoms with E-state index >= 15 is 0 Å². The molecule has 1 N–H and O–H groups in total. The summed E-state index contributed by atoms with van der Waals surface area (Å²) in [5.41, 5.74) is 0.791. The monoisotopic (exact) mass is 339 g/mol. The molecular weight excluding hydrogens is 326 g/mol. The standard InChI is InChI=1S/C14H14BrNO4/c15-8-7-9(5-6-12(17)18)16-13(19)10-3-1-2-4-11(10)14(16)20/h1-4,9H,5-8H2,(H,17,18). The Hall–Kier alpha value is -1.69. The molecular formula is C14H14BrNO4. The first kappa shape index (κ1) is 14.7. The van der Waals surface area contributed by atoms with E-state index < -0.39 is 12.0 Å². The molecule has 0 bridgehead atoms. The summed E-state index contributed by atoms with van der Waals surface area (Å²) < 4.78 is 0. The van der Waals surface area contributed by atoms with Gasteiger partial charge in [-0.1, -0.05) is 28.1 Å². The van der Waals surface area contributed by atoms with Crippen molar-refractivity contribution in [2.45, 2.75) is 25.3 Å². The van der Waals surface area contributed by atoms with E-state index in [0.717, 1.165) is 0 Å². The van der Waals surface area contributed by atoms with Gasteiger partial charge in [0.1, 0.15) is 0 Å². The number of carboxylic acid groups (broad SMARTS) is 1. The van der Waals surface area contributed by atoms with Crippen LogP contribution in [-0.2, 0) is 4.79 Å². The molecule has 1 unspecified atom stereocenters. The van der Waals surface area contributed by atoms with Gasteiger partial charge in [-0.25, -0.2) is 0 Å². The smallest absolute Gasteiger partial charge is 0.303 e. The predicted molar refractivity (Wildman–Crippen MR) is 76.0 cm³/mol. The van der Waals surface area contributed by atoms with E-state index in [-0.39, 0.29) is 24.7 Å². The van der Waals surface area contributed by atoms with Gasteiger partial charge in [0.2, 0.25) is 0 Å². The van der Waals surface area contributed by atoms with E-state index in [1.165, 1.54) is 4.90 Å². The van der Waals surface area contributed by atoms with Crippen molar-refractivity contribution in [3.05, 3.63) is 35.4 Å². The summed E-state index contributed by atoms with van der Waals surface area (Å²) in [4.78, 5) is 36.5. The lowest BCUT2D eigenvalue weighted by Gasteiger charge is -2.25. The van der Waals surface area contributed by atoms with E-state index in [4.69, 9.17) is 5.11 Å². The molecule has 1 aliphatic heterocycles. The first-order valence-electron chi connectivity index (χ1n) is 6.31. The van der Waals surface area contributed by atoms with Crippen LogP contribution in [0.5, 0.6) is 0 Å². The maximum Gasteiger partial charge on any atom is 0.303 e. The Morgan fingerprint density at radius 3 is 2.15 bits per heavy atom. The van der Waals surface area contributed by atoms with Gasteiger partial charge < -0.3 is 5.11 Å². The van der Waals surface area contributed by atoms with Crippen LogP contribution in [0.15, 0.2) is 24.3 Å². The molecule has 2 rings (SSSR count). The highest BCUT2D eigenvalue weighted by molar-refractivity contribution is 9.09. The third-order valence-corrected chi connectivity index (χ3v) is 3.78. The summed E-state index contributed by atoms with van der Waals surface area (Å²) in [6.07, 6.45) is 0.746. The van der Waals surface area contributed by atoms with Crippen LogP contribution in [0, 0.1) is 0 Å². The average Bonchev–Trinajstić information content (AvgIpc) is 2.68. The van der Waals surface area contributed by atoms with Gasteiger partial charge in [0.05, 0.1) is 11.1 Å². The van der Waals surface area contributed by atoms with Gasteiger partial charge in [-0.3, -0.25) is 19.3 Å². The van der Waals surface area contributed by atoms with E-state index in [1.807, 2.05) is 0 Å². The molecule has 0 spiro atoms. The minimum absolute atomic E-state index is 0.0644. The Balaban J connectivity index is 2.24. The molecule has 1 aromatic carbocycles. The molecule has 6 heteroatoms. The Bertz CT molecular complexity index is 523. The highest BCUT2D eigenvalue weighted by Crippen LogP contribution is 2.27. The number of benzene rings is 1. The number of imide groups is 1. The van der Waals surface area contributed by atoms with Gasteiger partial charge >= 0.3 is 5.97 Å². The first-order valence-corrected chi connectivity index (χ1v) is 7.43. The van der Waals surface area contributed by atoms with Crippen LogP contribution in [0.4, 0.5) is 0 Å². The zero-order chi connectivity index (χ0) is 14.7. The second-order valence-corrected chi connectivity index (χ2v) is 5.38. The molecule has 106 valence electrons.